The van der Waals surface area contributed by atoms with Gasteiger partial charge in [-0.15, -0.1) is 0 Å². The molecule has 8 rings (SSSR count). The zero-order valence-electron chi connectivity index (χ0n) is 26.9. The number of rotatable bonds is 6. The van der Waals surface area contributed by atoms with Crippen LogP contribution < -0.4 is 0 Å². The van der Waals surface area contributed by atoms with Crippen LogP contribution in [0.1, 0.15) is 25.0 Å². The van der Waals surface area contributed by atoms with E-state index in [1.807, 2.05) is 0 Å². The molecule has 0 radical (unpaired) electrons. The van der Waals surface area contributed by atoms with Crippen LogP contribution in [0.15, 0.2) is 164 Å². The van der Waals surface area contributed by atoms with E-state index in [9.17, 15) is 0 Å². The standard InChI is InChI=1S/C47H36/c1-3-11-38-30-40(28-18-32(38)4-2)34-19-24-36(25-20-34)46-42-14-7-9-16-44(42)47(45-17-10-8-15-43(45)46)37-26-21-35(22-27-37)41-29-23-33-12-5-6-13-39(33)31-41/h3,5-31H,4H2,1-2H3/b11-3-. The van der Waals surface area contributed by atoms with Crippen LogP contribution in [0.2, 0.25) is 0 Å². The Morgan fingerprint density at radius 3 is 1.34 bits per heavy atom. The summed E-state index contributed by atoms with van der Waals surface area (Å²) in [5, 5.41) is 7.63. The lowest BCUT2D eigenvalue weighted by Gasteiger charge is -2.18. The summed E-state index contributed by atoms with van der Waals surface area (Å²) in [4.78, 5) is 0. The number of hydrogen-bond donors (Lipinski definition) is 0. The summed E-state index contributed by atoms with van der Waals surface area (Å²) < 4.78 is 0. The normalized spacial score (nSPS) is 11.6. The summed E-state index contributed by atoms with van der Waals surface area (Å²) in [6.07, 6.45) is 5.37. The highest BCUT2D eigenvalue weighted by Crippen LogP contribution is 2.44. The lowest BCUT2D eigenvalue weighted by molar-refractivity contribution is 1.13. The highest BCUT2D eigenvalue weighted by molar-refractivity contribution is 6.21. The van der Waals surface area contributed by atoms with E-state index in [4.69, 9.17) is 0 Å². The second-order valence-electron chi connectivity index (χ2n) is 12.3. The number of fused-ring (bicyclic) bond motifs is 3. The number of aryl methyl sites for hydroxylation is 1. The quantitative estimate of drug-likeness (QED) is 0.167. The maximum Gasteiger partial charge on any atom is -0.00264 e. The third kappa shape index (κ3) is 5.23. The molecule has 0 saturated heterocycles. The van der Waals surface area contributed by atoms with Crippen LogP contribution in [0.5, 0.6) is 0 Å². The van der Waals surface area contributed by atoms with Crippen molar-refractivity contribution in [2.24, 2.45) is 0 Å². The van der Waals surface area contributed by atoms with Gasteiger partial charge >= 0.3 is 0 Å². The molecule has 0 heteroatoms. The number of hydrogen-bond acceptors (Lipinski definition) is 0. The highest BCUT2D eigenvalue weighted by Gasteiger charge is 2.17. The van der Waals surface area contributed by atoms with Crippen LogP contribution in [0, 0.1) is 0 Å². The monoisotopic (exact) mass is 600 g/mol. The first-order chi connectivity index (χ1) is 23.2. The molecule has 0 unspecified atom stereocenters. The van der Waals surface area contributed by atoms with Gasteiger partial charge in [0.1, 0.15) is 0 Å². The topological polar surface area (TPSA) is 0 Å². The van der Waals surface area contributed by atoms with Gasteiger partial charge < -0.3 is 0 Å². The minimum Gasteiger partial charge on any atom is -0.0871 e. The van der Waals surface area contributed by atoms with Gasteiger partial charge in [0.05, 0.1) is 0 Å². The van der Waals surface area contributed by atoms with Crippen molar-refractivity contribution < 1.29 is 0 Å². The minimum atomic E-state index is 1.03. The molecule has 0 amide bonds. The molecule has 0 aromatic heterocycles. The summed E-state index contributed by atoms with van der Waals surface area (Å²) in [7, 11) is 0. The molecule has 0 aliphatic rings. The van der Waals surface area contributed by atoms with Crippen molar-refractivity contribution in [2.45, 2.75) is 20.3 Å². The van der Waals surface area contributed by atoms with Crippen molar-refractivity contribution in [3.8, 4) is 44.5 Å². The molecule has 0 aliphatic heterocycles. The van der Waals surface area contributed by atoms with E-state index in [0.29, 0.717) is 0 Å². The Morgan fingerprint density at radius 2 is 0.830 bits per heavy atom. The van der Waals surface area contributed by atoms with Gasteiger partial charge in [-0.1, -0.05) is 165 Å². The van der Waals surface area contributed by atoms with E-state index in [0.717, 1.165) is 6.42 Å². The van der Waals surface area contributed by atoms with E-state index >= 15 is 0 Å². The zero-order valence-corrected chi connectivity index (χ0v) is 26.9. The fraction of sp³-hybridized carbons (Fsp3) is 0.0638. The molecule has 0 saturated carbocycles. The molecule has 0 nitrogen and oxygen atoms in total. The van der Waals surface area contributed by atoms with Crippen molar-refractivity contribution in [2.75, 3.05) is 0 Å². The van der Waals surface area contributed by atoms with Crippen molar-refractivity contribution in [1.29, 1.82) is 0 Å². The van der Waals surface area contributed by atoms with Crippen molar-refractivity contribution >= 4 is 38.4 Å². The van der Waals surface area contributed by atoms with E-state index in [1.165, 1.54) is 88.0 Å². The Bertz CT molecular complexity index is 2370. The van der Waals surface area contributed by atoms with E-state index in [2.05, 4.69) is 184 Å². The Hall–Kier alpha value is -5.72. The lowest BCUT2D eigenvalue weighted by atomic mass is 9.85. The van der Waals surface area contributed by atoms with E-state index < -0.39 is 0 Å². The average molecular weight is 601 g/mol. The van der Waals surface area contributed by atoms with Gasteiger partial charge in [-0.2, -0.15) is 0 Å². The first kappa shape index (κ1) is 28.7. The lowest BCUT2D eigenvalue weighted by Crippen LogP contribution is -1.91. The summed E-state index contributed by atoms with van der Waals surface area (Å²) >= 11 is 0. The van der Waals surface area contributed by atoms with Gasteiger partial charge in [-0.25, -0.2) is 0 Å². The molecule has 8 aromatic carbocycles. The number of allylic oxidation sites excluding steroid dienone is 1. The Kier molecular flexibility index (Phi) is 7.48. The summed E-state index contributed by atoms with van der Waals surface area (Å²) in [6, 6.07) is 58.2. The summed E-state index contributed by atoms with van der Waals surface area (Å²) in [5.41, 5.74) is 12.7. The van der Waals surface area contributed by atoms with Gasteiger partial charge in [0.15, 0.2) is 0 Å². The Balaban J connectivity index is 1.23. The molecule has 0 spiro atoms. The largest absolute Gasteiger partial charge is 0.0871 e. The van der Waals surface area contributed by atoms with Crippen LogP contribution in [-0.2, 0) is 6.42 Å². The molecule has 0 heterocycles. The highest BCUT2D eigenvalue weighted by atomic mass is 14.2. The van der Waals surface area contributed by atoms with Gasteiger partial charge in [-0.3, -0.25) is 0 Å². The SMILES string of the molecule is C/C=C\c1cc(-c2ccc(-c3c4ccccc4c(-c4ccc(-c5ccc6ccccc6c5)cc4)c4ccccc34)cc2)ccc1CC. The molecule has 0 bridgehead atoms. The molecule has 0 N–H and O–H groups in total. The second kappa shape index (κ2) is 12.2. The van der Waals surface area contributed by atoms with E-state index in [1.54, 1.807) is 0 Å². The second-order valence-corrected chi connectivity index (χ2v) is 12.3. The van der Waals surface area contributed by atoms with Crippen LogP contribution in [0.4, 0.5) is 0 Å². The molecule has 0 aliphatic carbocycles. The van der Waals surface area contributed by atoms with Crippen LogP contribution in [-0.4, -0.2) is 0 Å². The molecule has 47 heavy (non-hydrogen) atoms. The van der Waals surface area contributed by atoms with Gasteiger partial charge in [0, 0.05) is 0 Å². The van der Waals surface area contributed by atoms with E-state index in [-0.39, 0.29) is 0 Å². The fourth-order valence-corrected chi connectivity index (χ4v) is 7.21. The first-order valence-corrected chi connectivity index (χ1v) is 16.6. The number of benzene rings is 8. The third-order valence-electron chi connectivity index (χ3n) is 9.57. The average Bonchev–Trinajstić information content (AvgIpc) is 3.14. The van der Waals surface area contributed by atoms with Crippen molar-refractivity contribution in [1.82, 2.24) is 0 Å². The van der Waals surface area contributed by atoms with Crippen molar-refractivity contribution in [3.05, 3.63) is 175 Å². The van der Waals surface area contributed by atoms with Gasteiger partial charge in [0.25, 0.3) is 0 Å². The van der Waals surface area contributed by atoms with Crippen LogP contribution >= 0.6 is 0 Å². The molecule has 0 atom stereocenters. The zero-order chi connectivity index (χ0) is 31.7. The third-order valence-corrected chi connectivity index (χ3v) is 9.57. The van der Waals surface area contributed by atoms with Crippen molar-refractivity contribution in [3.63, 3.8) is 0 Å². The Labute approximate surface area is 277 Å². The summed E-state index contributed by atoms with van der Waals surface area (Å²) in [5.74, 6) is 0. The first-order valence-electron chi connectivity index (χ1n) is 16.6. The maximum atomic E-state index is 2.32. The predicted molar refractivity (Wildman–Crippen MR) is 205 cm³/mol. The predicted octanol–water partition coefficient (Wildman–Crippen LogP) is 13.4. The molecule has 8 aromatic rings. The molecular formula is C47H36. The maximum absolute atomic E-state index is 2.32. The van der Waals surface area contributed by atoms with Crippen LogP contribution in [0.3, 0.4) is 0 Å². The van der Waals surface area contributed by atoms with Crippen LogP contribution in [0.25, 0.3) is 82.9 Å². The fourth-order valence-electron chi connectivity index (χ4n) is 7.21. The molecular weight excluding hydrogens is 565 g/mol. The summed E-state index contributed by atoms with van der Waals surface area (Å²) in [6.45, 7) is 4.31. The van der Waals surface area contributed by atoms with Gasteiger partial charge in [-0.05, 0) is 113 Å². The molecule has 0 fully saturated rings. The Morgan fingerprint density at radius 1 is 0.404 bits per heavy atom. The smallest absolute Gasteiger partial charge is 0.00264 e. The van der Waals surface area contributed by atoms with Gasteiger partial charge in [0.2, 0.25) is 0 Å². The minimum absolute atomic E-state index is 1.03. The molecule has 224 valence electrons.